The molecule has 2 heterocycles. The highest BCUT2D eigenvalue weighted by molar-refractivity contribution is 14.1. The number of aromatic nitrogens is 2. The normalized spacial score (nSPS) is 21.1. The zero-order chi connectivity index (χ0) is 21.8. The van der Waals surface area contributed by atoms with Gasteiger partial charge < -0.3 is 19.7 Å². The number of halogens is 1. The number of hydrogen-bond donors (Lipinski definition) is 3. The van der Waals surface area contributed by atoms with Gasteiger partial charge in [-0.1, -0.05) is 6.07 Å². The van der Waals surface area contributed by atoms with Crippen molar-refractivity contribution >= 4 is 28.3 Å². The number of rotatable bonds is 8. The number of aliphatic hydroxyl groups excluding tert-OH is 2. The number of nitrogens with one attached hydrogen (secondary N) is 1. The van der Waals surface area contributed by atoms with Crippen LogP contribution in [0.25, 0.3) is 0 Å². The topological polar surface area (TPSA) is 157 Å². The first kappa shape index (κ1) is 22.6. The molecule has 3 rings (SSSR count). The summed E-state index contributed by atoms with van der Waals surface area (Å²) in [6.07, 6.45) is -0.892. The van der Waals surface area contributed by atoms with Crippen LogP contribution in [0, 0.1) is 13.7 Å². The summed E-state index contributed by atoms with van der Waals surface area (Å²) in [5.74, 6) is 0. The second-order valence-corrected chi connectivity index (χ2v) is 8.01. The summed E-state index contributed by atoms with van der Waals surface area (Å²) in [7, 11) is 0. The Morgan fingerprint density at radius 3 is 2.80 bits per heavy atom. The van der Waals surface area contributed by atoms with Crippen LogP contribution in [-0.2, 0) is 22.5 Å². The number of ether oxygens (including phenoxy) is 2. The summed E-state index contributed by atoms with van der Waals surface area (Å²) >= 11 is 2.00. The van der Waals surface area contributed by atoms with Crippen molar-refractivity contribution < 1.29 is 24.6 Å². The van der Waals surface area contributed by atoms with Crippen LogP contribution in [-0.4, -0.2) is 50.1 Å². The first-order chi connectivity index (χ1) is 14.3. The molecule has 3 atom stereocenters. The van der Waals surface area contributed by atoms with Gasteiger partial charge in [-0.25, -0.2) is 4.79 Å². The molecule has 12 heteroatoms. The van der Waals surface area contributed by atoms with Gasteiger partial charge in [0.2, 0.25) is 0 Å². The number of H-pyrrole nitrogens is 1. The first-order valence-corrected chi connectivity index (χ1v) is 10.2. The number of nitrogens with zero attached hydrogens (tertiary/aromatic N) is 2. The van der Waals surface area contributed by atoms with E-state index in [9.17, 15) is 29.9 Å². The summed E-state index contributed by atoms with van der Waals surface area (Å²) in [6.45, 7) is -0.381. The first-order valence-electron chi connectivity index (χ1n) is 9.09. The van der Waals surface area contributed by atoms with Crippen LogP contribution in [0.4, 0.5) is 5.69 Å². The van der Waals surface area contributed by atoms with Crippen LogP contribution in [0.2, 0.25) is 0 Å². The van der Waals surface area contributed by atoms with Gasteiger partial charge in [-0.3, -0.25) is 24.5 Å². The Bertz CT molecular complexity index is 1040. The van der Waals surface area contributed by atoms with E-state index in [0.29, 0.717) is 5.56 Å². The van der Waals surface area contributed by atoms with Crippen molar-refractivity contribution in [2.75, 3.05) is 13.2 Å². The van der Waals surface area contributed by atoms with Crippen LogP contribution in [0.1, 0.15) is 23.8 Å². The molecule has 1 fully saturated rings. The lowest BCUT2D eigenvalue weighted by Gasteiger charge is -2.15. The standard InChI is InChI=1S/C18H20IN3O8/c19-12-2-1-10(13(5-12)22(27)28)3-4-29-9-11-7-21(18(26)20-17(11)25)16-6-14(24)15(8-23)30-16/h1-2,5,7,14-16,23-24H,3-4,6,8-9H2,(H,20,25,26)/t14?,15-,16-/m0/s1. The summed E-state index contributed by atoms with van der Waals surface area (Å²) in [6, 6.07) is 4.90. The highest BCUT2D eigenvalue weighted by Gasteiger charge is 2.35. The maximum atomic E-state index is 12.1. The average molecular weight is 533 g/mol. The van der Waals surface area contributed by atoms with Gasteiger partial charge in [0.1, 0.15) is 12.3 Å². The van der Waals surface area contributed by atoms with Gasteiger partial charge in [-0.15, -0.1) is 0 Å². The maximum Gasteiger partial charge on any atom is 0.330 e. The Labute approximate surface area is 183 Å². The Morgan fingerprint density at radius 2 is 2.13 bits per heavy atom. The molecule has 2 aromatic rings. The number of aromatic amines is 1. The molecule has 11 nitrogen and oxygen atoms in total. The maximum absolute atomic E-state index is 12.1. The molecule has 162 valence electrons. The lowest BCUT2D eigenvalue weighted by molar-refractivity contribution is -0.385. The minimum absolute atomic E-state index is 0.00674. The minimum atomic E-state index is -0.928. The molecule has 30 heavy (non-hydrogen) atoms. The molecule has 1 saturated heterocycles. The minimum Gasteiger partial charge on any atom is -0.394 e. The van der Waals surface area contributed by atoms with Gasteiger partial charge in [0.15, 0.2) is 0 Å². The number of benzene rings is 1. The Hall–Kier alpha value is -2.13. The fourth-order valence-corrected chi connectivity index (χ4v) is 3.65. The quantitative estimate of drug-likeness (QED) is 0.191. The van der Waals surface area contributed by atoms with Gasteiger partial charge in [0, 0.05) is 34.2 Å². The Morgan fingerprint density at radius 1 is 1.37 bits per heavy atom. The van der Waals surface area contributed by atoms with E-state index in [1.54, 1.807) is 12.1 Å². The third-order valence-corrected chi connectivity index (χ3v) is 5.42. The average Bonchev–Trinajstić information content (AvgIpc) is 3.07. The number of aliphatic hydroxyl groups is 2. The molecule has 0 radical (unpaired) electrons. The number of nitro groups is 1. The lowest BCUT2D eigenvalue weighted by Crippen LogP contribution is -2.34. The van der Waals surface area contributed by atoms with Crippen molar-refractivity contribution in [1.82, 2.24) is 9.55 Å². The molecule has 0 bridgehead atoms. The molecule has 0 amide bonds. The Balaban J connectivity index is 1.66. The monoisotopic (exact) mass is 533 g/mol. The van der Waals surface area contributed by atoms with Gasteiger partial charge >= 0.3 is 5.69 Å². The van der Waals surface area contributed by atoms with Crippen molar-refractivity contribution in [3.05, 3.63) is 70.0 Å². The SMILES string of the molecule is O=c1[nH]c(=O)n([C@@H]2CC(O)[C@H](CO)O2)cc1COCCc1ccc(I)cc1[N+](=O)[O-]. The summed E-state index contributed by atoms with van der Waals surface area (Å²) in [5, 5.41) is 30.2. The molecule has 1 aliphatic rings. The van der Waals surface area contributed by atoms with Crippen LogP contribution < -0.4 is 11.2 Å². The second kappa shape index (κ2) is 9.78. The molecular formula is C18H20IN3O8. The zero-order valence-corrected chi connectivity index (χ0v) is 17.9. The van der Waals surface area contributed by atoms with Gasteiger partial charge in [0.05, 0.1) is 36.4 Å². The Kier molecular flexibility index (Phi) is 7.36. The summed E-state index contributed by atoms with van der Waals surface area (Å²) in [4.78, 5) is 37.1. The summed E-state index contributed by atoms with van der Waals surface area (Å²) in [5.41, 5.74) is -0.630. The van der Waals surface area contributed by atoms with Crippen LogP contribution in [0.5, 0.6) is 0 Å². The predicted octanol–water partition coefficient (Wildman–Crippen LogP) is 0.449. The van der Waals surface area contributed by atoms with E-state index in [1.807, 2.05) is 22.6 Å². The molecule has 1 unspecified atom stereocenters. The second-order valence-electron chi connectivity index (χ2n) is 6.77. The smallest absolute Gasteiger partial charge is 0.330 e. The molecule has 0 aliphatic carbocycles. The van der Waals surface area contributed by atoms with Crippen LogP contribution >= 0.6 is 22.6 Å². The van der Waals surface area contributed by atoms with E-state index in [-0.39, 0.29) is 37.3 Å². The number of hydrogen-bond acceptors (Lipinski definition) is 8. The number of nitro benzene ring substituents is 1. The fourth-order valence-electron chi connectivity index (χ4n) is 3.18. The third kappa shape index (κ3) is 5.13. The van der Waals surface area contributed by atoms with Gasteiger partial charge in [-0.05, 0) is 28.7 Å². The molecule has 1 aromatic carbocycles. The summed E-state index contributed by atoms with van der Waals surface area (Å²) < 4.78 is 12.8. The van der Waals surface area contributed by atoms with Crippen molar-refractivity contribution in [3.8, 4) is 0 Å². The molecular weight excluding hydrogens is 513 g/mol. The van der Waals surface area contributed by atoms with Gasteiger partial charge in [-0.2, -0.15) is 0 Å². The van der Waals surface area contributed by atoms with Crippen molar-refractivity contribution in [2.24, 2.45) is 0 Å². The molecule has 0 spiro atoms. The highest BCUT2D eigenvalue weighted by Crippen LogP contribution is 2.27. The van der Waals surface area contributed by atoms with E-state index in [0.717, 1.165) is 8.14 Å². The lowest BCUT2D eigenvalue weighted by atomic mass is 10.1. The highest BCUT2D eigenvalue weighted by atomic mass is 127. The van der Waals surface area contributed by atoms with E-state index in [1.165, 1.54) is 12.3 Å². The third-order valence-electron chi connectivity index (χ3n) is 4.75. The van der Waals surface area contributed by atoms with Crippen molar-refractivity contribution in [1.29, 1.82) is 0 Å². The molecule has 3 N–H and O–H groups in total. The van der Waals surface area contributed by atoms with Crippen molar-refractivity contribution in [2.45, 2.75) is 37.9 Å². The van der Waals surface area contributed by atoms with E-state index >= 15 is 0 Å². The van der Waals surface area contributed by atoms with Crippen molar-refractivity contribution in [3.63, 3.8) is 0 Å². The van der Waals surface area contributed by atoms with E-state index in [2.05, 4.69) is 4.98 Å². The fraction of sp³-hybridized carbons (Fsp3) is 0.444. The van der Waals surface area contributed by atoms with Gasteiger partial charge in [0.25, 0.3) is 11.2 Å². The molecule has 1 aliphatic heterocycles. The largest absolute Gasteiger partial charge is 0.394 e. The van der Waals surface area contributed by atoms with Crippen LogP contribution in [0.3, 0.4) is 0 Å². The zero-order valence-electron chi connectivity index (χ0n) is 15.7. The molecule has 1 aromatic heterocycles. The predicted molar refractivity (Wildman–Crippen MR) is 112 cm³/mol. The molecule has 0 saturated carbocycles. The van der Waals surface area contributed by atoms with Crippen LogP contribution in [0.15, 0.2) is 34.0 Å². The van der Waals surface area contributed by atoms with E-state index in [4.69, 9.17) is 9.47 Å². The van der Waals surface area contributed by atoms with E-state index < -0.39 is 41.2 Å².